The number of aromatic nitrogens is 2. The first-order chi connectivity index (χ1) is 15.0. The molecule has 9 nitrogen and oxygen atoms in total. The summed E-state index contributed by atoms with van der Waals surface area (Å²) >= 11 is 0. The van der Waals surface area contributed by atoms with Crippen LogP contribution < -0.4 is 25.4 Å². The Labute approximate surface area is 180 Å². The number of nitrogens with zero attached hydrogens (tertiary/aromatic N) is 4. The first-order valence-corrected chi connectivity index (χ1v) is 10.1. The molecule has 1 aliphatic rings. The lowest BCUT2D eigenvalue weighted by atomic mass is 10.2. The van der Waals surface area contributed by atoms with E-state index in [0.717, 1.165) is 11.3 Å². The summed E-state index contributed by atoms with van der Waals surface area (Å²) in [6.45, 7) is 4.36. The van der Waals surface area contributed by atoms with Crippen molar-refractivity contribution < 1.29 is 14.3 Å². The monoisotopic (exact) mass is 422 g/mol. The molecule has 0 unspecified atom stereocenters. The van der Waals surface area contributed by atoms with E-state index in [-0.39, 0.29) is 6.03 Å². The number of methoxy groups -OCH3 is 2. The minimum absolute atomic E-state index is 0.112. The van der Waals surface area contributed by atoms with Gasteiger partial charge in [0.05, 0.1) is 19.7 Å². The van der Waals surface area contributed by atoms with Crippen molar-refractivity contribution in [1.29, 1.82) is 0 Å². The third kappa shape index (κ3) is 4.25. The number of hydrogen-bond donors (Lipinski definition) is 2. The minimum Gasteiger partial charge on any atom is -0.493 e. The topological polar surface area (TPSA) is 106 Å². The van der Waals surface area contributed by atoms with Crippen LogP contribution in [0.25, 0.3) is 10.9 Å². The summed E-state index contributed by atoms with van der Waals surface area (Å²) in [7, 11) is 3.15. The summed E-state index contributed by atoms with van der Waals surface area (Å²) < 4.78 is 10.7. The highest BCUT2D eigenvalue weighted by Gasteiger charge is 2.24. The van der Waals surface area contributed by atoms with Gasteiger partial charge in [-0.15, -0.1) is 0 Å². The van der Waals surface area contributed by atoms with E-state index in [2.05, 4.69) is 15.3 Å². The molecule has 1 aromatic heterocycles. The zero-order chi connectivity index (χ0) is 22.0. The quantitative estimate of drug-likeness (QED) is 0.666. The van der Waals surface area contributed by atoms with Crippen LogP contribution in [-0.4, -0.2) is 61.3 Å². The molecule has 2 aromatic carbocycles. The zero-order valence-electron chi connectivity index (χ0n) is 17.9. The number of piperazine rings is 1. The number of aryl methyl sites for hydroxylation is 1. The normalized spacial score (nSPS) is 13.9. The summed E-state index contributed by atoms with van der Waals surface area (Å²) in [4.78, 5) is 25.5. The smallest absolute Gasteiger partial charge is 0.321 e. The summed E-state index contributed by atoms with van der Waals surface area (Å²) in [6.07, 6.45) is 0. The van der Waals surface area contributed by atoms with Gasteiger partial charge in [0.25, 0.3) is 0 Å². The number of rotatable bonds is 4. The number of benzene rings is 2. The Bertz CT molecular complexity index is 1090. The lowest BCUT2D eigenvalue weighted by Crippen LogP contribution is -2.50. The number of nitrogens with two attached hydrogens (primary N) is 1. The number of fused-ring (bicyclic) bond motifs is 1. The molecule has 1 saturated heterocycles. The van der Waals surface area contributed by atoms with Crippen LogP contribution in [0.2, 0.25) is 0 Å². The van der Waals surface area contributed by atoms with Gasteiger partial charge in [0.15, 0.2) is 11.5 Å². The van der Waals surface area contributed by atoms with Crippen LogP contribution in [-0.2, 0) is 0 Å². The molecule has 3 N–H and O–H groups in total. The van der Waals surface area contributed by atoms with Crippen molar-refractivity contribution in [3.05, 3.63) is 42.0 Å². The van der Waals surface area contributed by atoms with Gasteiger partial charge in [-0.3, -0.25) is 0 Å². The number of urea groups is 1. The summed E-state index contributed by atoms with van der Waals surface area (Å²) in [5.41, 5.74) is 8.82. The van der Waals surface area contributed by atoms with E-state index < -0.39 is 0 Å². The van der Waals surface area contributed by atoms with E-state index in [1.54, 1.807) is 31.3 Å². The Kier molecular flexibility index (Phi) is 5.66. The molecule has 0 radical (unpaired) electrons. The maximum Gasteiger partial charge on any atom is 0.321 e. The molecule has 0 atom stereocenters. The molecule has 1 fully saturated rings. The average molecular weight is 422 g/mol. The molecule has 0 bridgehead atoms. The van der Waals surface area contributed by atoms with Gasteiger partial charge in [-0.05, 0) is 25.1 Å². The van der Waals surface area contributed by atoms with Gasteiger partial charge in [0.1, 0.15) is 5.82 Å². The van der Waals surface area contributed by atoms with Crippen LogP contribution in [0.5, 0.6) is 11.5 Å². The molecule has 0 saturated carbocycles. The molecule has 0 spiro atoms. The highest BCUT2D eigenvalue weighted by molar-refractivity contribution is 5.92. The molecule has 162 valence electrons. The molecular weight excluding hydrogens is 396 g/mol. The number of ether oxygens (including phenoxy) is 2. The highest BCUT2D eigenvalue weighted by Crippen LogP contribution is 2.34. The molecular formula is C22H26N6O3. The number of nitrogens with one attached hydrogen (secondary N) is 1. The van der Waals surface area contributed by atoms with E-state index in [9.17, 15) is 4.79 Å². The molecule has 2 amide bonds. The fourth-order valence-corrected chi connectivity index (χ4v) is 3.56. The Morgan fingerprint density at radius 3 is 2.29 bits per heavy atom. The standard InChI is InChI=1S/C22H26N6O3/c1-14-4-6-15(7-5-14)24-22(29)28-10-8-27(9-11-28)21-25-17-13-19(31-3)18(30-2)12-16(17)20(23)26-21/h4-7,12-13H,8-11H2,1-3H3,(H,24,29)(H2,23,25,26). The third-order valence-electron chi connectivity index (χ3n) is 5.37. The van der Waals surface area contributed by atoms with Gasteiger partial charge in [-0.25, -0.2) is 9.78 Å². The first kappa shape index (κ1) is 20.5. The van der Waals surface area contributed by atoms with E-state index in [1.807, 2.05) is 36.1 Å². The van der Waals surface area contributed by atoms with Gasteiger partial charge >= 0.3 is 6.03 Å². The van der Waals surface area contributed by atoms with Crippen molar-refractivity contribution in [2.45, 2.75) is 6.92 Å². The Balaban J connectivity index is 1.46. The molecule has 31 heavy (non-hydrogen) atoms. The Hall–Kier alpha value is -3.75. The van der Waals surface area contributed by atoms with Gasteiger partial charge in [0, 0.05) is 43.3 Å². The van der Waals surface area contributed by atoms with Gasteiger partial charge < -0.3 is 30.3 Å². The van der Waals surface area contributed by atoms with Crippen LogP contribution >= 0.6 is 0 Å². The van der Waals surface area contributed by atoms with E-state index in [0.29, 0.717) is 60.3 Å². The average Bonchev–Trinajstić information content (AvgIpc) is 2.79. The Morgan fingerprint density at radius 2 is 1.65 bits per heavy atom. The summed E-state index contributed by atoms with van der Waals surface area (Å²) in [5, 5.41) is 3.65. The van der Waals surface area contributed by atoms with Crippen LogP contribution in [0.4, 0.5) is 22.2 Å². The third-order valence-corrected chi connectivity index (χ3v) is 5.37. The molecule has 2 heterocycles. The minimum atomic E-state index is -0.112. The fraction of sp³-hybridized carbons (Fsp3) is 0.318. The van der Waals surface area contributed by atoms with Crippen molar-refractivity contribution in [2.24, 2.45) is 0 Å². The van der Waals surface area contributed by atoms with Crippen molar-refractivity contribution >= 4 is 34.4 Å². The van der Waals surface area contributed by atoms with Crippen LogP contribution in [0.3, 0.4) is 0 Å². The molecule has 9 heteroatoms. The number of anilines is 3. The number of hydrogen-bond acceptors (Lipinski definition) is 7. The van der Waals surface area contributed by atoms with E-state index in [1.165, 1.54) is 0 Å². The molecule has 3 aromatic rings. The van der Waals surface area contributed by atoms with Gasteiger partial charge in [-0.1, -0.05) is 17.7 Å². The Morgan fingerprint density at radius 1 is 1.00 bits per heavy atom. The maximum absolute atomic E-state index is 12.6. The number of carbonyl (C=O) groups excluding carboxylic acids is 1. The van der Waals surface area contributed by atoms with Crippen molar-refractivity contribution in [3.8, 4) is 11.5 Å². The lowest BCUT2D eigenvalue weighted by molar-refractivity contribution is 0.208. The van der Waals surface area contributed by atoms with Crippen molar-refractivity contribution in [3.63, 3.8) is 0 Å². The predicted octanol–water partition coefficient (Wildman–Crippen LogP) is 2.89. The number of nitrogen functional groups attached to an aromatic ring is 1. The predicted molar refractivity (Wildman–Crippen MR) is 121 cm³/mol. The largest absolute Gasteiger partial charge is 0.493 e. The molecule has 4 rings (SSSR count). The highest BCUT2D eigenvalue weighted by atomic mass is 16.5. The lowest BCUT2D eigenvalue weighted by Gasteiger charge is -2.34. The fourth-order valence-electron chi connectivity index (χ4n) is 3.56. The van der Waals surface area contributed by atoms with Gasteiger partial charge in [0.2, 0.25) is 5.95 Å². The zero-order valence-corrected chi connectivity index (χ0v) is 17.9. The second-order valence-electron chi connectivity index (χ2n) is 7.40. The van der Waals surface area contributed by atoms with Crippen LogP contribution in [0, 0.1) is 6.92 Å². The second-order valence-corrected chi connectivity index (χ2v) is 7.40. The van der Waals surface area contributed by atoms with E-state index >= 15 is 0 Å². The SMILES string of the molecule is COc1cc2nc(N3CCN(C(=O)Nc4ccc(C)cc4)CC3)nc(N)c2cc1OC. The molecule has 1 aliphatic heterocycles. The summed E-state index contributed by atoms with van der Waals surface area (Å²) in [6, 6.07) is 11.2. The first-order valence-electron chi connectivity index (χ1n) is 10.1. The van der Waals surface area contributed by atoms with Crippen molar-refractivity contribution in [1.82, 2.24) is 14.9 Å². The number of amides is 2. The summed E-state index contributed by atoms with van der Waals surface area (Å²) in [5.74, 6) is 2.07. The van der Waals surface area contributed by atoms with Crippen molar-refractivity contribution in [2.75, 3.05) is 56.3 Å². The van der Waals surface area contributed by atoms with Gasteiger partial charge in [-0.2, -0.15) is 4.98 Å². The van der Waals surface area contributed by atoms with E-state index in [4.69, 9.17) is 15.2 Å². The van der Waals surface area contributed by atoms with Crippen LogP contribution in [0.1, 0.15) is 5.56 Å². The molecule has 0 aliphatic carbocycles. The maximum atomic E-state index is 12.6. The second kappa shape index (κ2) is 8.55. The van der Waals surface area contributed by atoms with Crippen LogP contribution in [0.15, 0.2) is 36.4 Å². The number of carbonyl (C=O) groups is 1.